The average Bonchev–Trinajstić information content (AvgIpc) is 2.09. The van der Waals surface area contributed by atoms with Gasteiger partial charge in [0.15, 0.2) is 0 Å². The lowest BCUT2D eigenvalue weighted by Crippen LogP contribution is -2.27. The van der Waals surface area contributed by atoms with Gasteiger partial charge >= 0.3 is 0 Å². The van der Waals surface area contributed by atoms with Gasteiger partial charge < -0.3 is 10.6 Å². The molecule has 0 aromatic rings. The second-order valence-electron chi connectivity index (χ2n) is 3.22. The maximum absolute atomic E-state index is 3.42. The first-order chi connectivity index (χ1) is 5.84. The van der Waals surface area contributed by atoms with Crippen molar-refractivity contribution < 1.29 is 0 Å². The standard InChI is InChI=1S/C10H18N2/c1-9-5-3-4-6-10(9)12-8-7-11-2/h3-4,6,9,11-12H,5,7-8H2,1-2H3. The Balaban J connectivity index is 2.29. The highest BCUT2D eigenvalue weighted by molar-refractivity contribution is 5.18. The molecule has 1 atom stereocenters. The summed E-state index contributed by atoms with van der Waals surface area (Å²) in [6, 6.07) is 0. The Labute approximate surface area is 74.7 Å². The SMILES string of the molecule is CNCCNC1=CC=CCC1C. The zero-order valence-electron chi connectivity index (χ0n) is 7.93. The van der Waals surface area contributed by atoms with Crippen LogP contribution in [0.4, 0.5) is 0 Å². The highest BCUT2D eigenvalue weighted by Gasteiger charge is 2.07. The maximum Gasteiger partial charge on any atom is 0.0269 e. The van der Waals surface area contributed by atoms with E-state index < -0.39 is 0 Å². The summed E-state index contributed by atoms with van der Waals surface area (Å²) in [4.78, 5) is 0. The minimum Gasteiger partial charge on any atom is -0.387 e. The molecule has 0 amide bonds. The summed E-state index contributed by atoms with van der Waals surface area (Å²) in [5, 5.41) is 6.53. The number of nitrogens with one attached hydrogen (secondary N) is 2. The van der Waals surface area contributed by atoms with Crippen LogP contribution in [0.3, 0.4) is 0 Å². The molecule has 0 aromatic carbocycles. The van der Waals surface area contributed by atoms with Crippen molar-refractivity contribution >= 4 is 0 Å². The van der Waals surface area contributed by atoms with Crippen molar-refractivity contribution in [3.05, 3.63) is 23.9 Å². The summed E-state index contributed by atoms with van der Waals surface area (Å²) >= 11 is 0. The molecule has 0 bridgehead atoms. The van der Waals surface area contributed by atoms with Crippen LogP contribution in [0.1, 0.15) is 13.3 Å². The minimum absolute atomic E-state index is 0.659. The third-order valence-corrected chi connectivity index (χ3v) is 2.14. The van der Waals surface area contributed by atoms with Crippen molar-refractivity contribution in [1.82, 2.24) is 10.6 Å². The number of rotatable bonds is 4. The van der Waals surface area contributed by atoms with Crippen LogP contribution in [0.5, 0.6) is 0 Å². The third-order valence-electron chi connectivity index (χ3n) is 2.14. The minimum atomic E-state index is 0.659. The molecule has 0 aromatic heterocycles. The molecule has 0 heterocycles. The summed E-state index contributed by atoms with van der Waals surface area (Å²) in [6.07, 6.45) is 7.68. The highest BCUT2D eigenvalue weighted by atomic mass is 14.9. The van der Waals surface area contributed by atoms with Crippen LogP contribution in [0.15, 0.2) is 23.9 Å². The summed E-state index contributed by atoms with van der Waals surface area (Å²) in [6.45, 7) is 4.29. The predicted octanol–water partition coefficient (Wildman–Crippen LogP) is 1.28. The van der Waals surface area contributed by atoms with Crippen molar-refractivity contribution in [3.8, 4) is 0 Å². The Bertz CT molecular complexity index is 182. The first-order valence-corrected chi connectivity index (χ1v) is 4.59. The lowest BCUT2D eigenvalue weighted by molar-refractivity contribution is 0.594. The molecule has 2 heteroatoms. The van der Waals surface area contributed by atoms with Gasteiger partial charge in [-0.05, 0) is 25.5 Å². The number of allylic oxidation sites excluding steroid dienone is 4. The molecule has 0 radical (unpaired) electrons. The molecule has 0 spiro atoms. The lowest BCUT2D eigenvalue weighted by Gasteiger charge is -2.18. The second-order valence-corrected chi connectivity index (χ2v) is 3.22. The van der Waals surface area contributed by atoms with Gasteiger partial charge in [0.25, 0.3) is 0 Å². The van der Waals surface area contributed by atoms with Crippen molar-refractivity contribution in [2.45, 2.75) is 13.3 Å². The van der Waals surface area contributed by atoms with Crippen LogP contribution in [0.2, 0.25) is 0 Å². The molecule has 2 N–H and O–H groups in total. The summed E-state index contributed by atoms with van der Waals surface area (Å²) in [7, 11) is 1.97. The van der Waals surface area contributed by atoms with E-state index in [-0.39, 0.29) is 0 Å². The summed E-state index contributed by atoms with van der Waals surface area (Å²) in [5.41, 5.74) is 1.37. The fraction of sp³-hybridized carbons (Fsp3) is 0.600. The van der Waals surface area contributed by atoms with E-state index in [2.05, 4.69) is 35.8 Å². The van der Waals surface area contributed by atoms with Crippen molar-refractivity contribution in [1.29, 1.82) is 0 Å². The molecule has 1 aliphatic carbocycles. The van der Waals surface area contributed by atoms with Gasteiger partial charge in [0, 0.05) is 18.8 Å². The van der Waals surface area contributed by atoms with E-state index in [4.69, 9.17) is 0 Å². The van der Waals surface area contributed by atoms with E-state index in [0.29, 0.717) is 5.92 Å². The van der Waals surface area contributed by atoms with Gasteiger partial charge in [0.2, 0.25) is 0 Å². The second kappa shape index (κ2) is 4.99. The topological polar surface area (TPSA) is 24.1 Å². The Morgan fingerprint density at radius 1 is 1.50 bits per heavy atom. The van der Waals surface area contributed by atoms with E-state index in [0.717, 1.165) is 13.1 Å². The van der Waals surface area contributed by atoms with Crippen LogP contribution in [-0.4, -0.2) is 20.1 Å². The fourth-order valence-electron chi connectivity index (χ4n) is 1.31. The van der Waals surface area contributed by atoms with Crippen LogP contribution in [0, 0.1) is 5.92 Å². The normalized spacial score (nSPS) is 22.2. The smallest absolute Gasteiger partial charge is 0.0269 e. The maximum atomic E-state index is 3.42. The molecule has 1 rings (SSSR count). The first kappa shape index (κ1) is 9.33. The van der Waals surface area contributed by atoms with Gasteiger partial charge in [0.1, 0.15) is 0 Å². The highest BCUT2D eigenvalue weighted by Crippen LogP contribution is 2.16. The molecular weight excluding hydrogens is 148 g/mol. The molecule has 1 unspecified atom stereocenters. The Morgan fingerprint density at radius 2 is 2.33 bits per heavy atom. The summed E-state index contributed by atoms with van der Waals surface area (Å²) < 4.78 is 0. The average molecular weight is 166 g/mol. The first-order valence-electron chi connectivity index (χ1n) is 4.59. The van der Waals surface area contributed by atoms with E-state index in [1.54, 1.807) is 0 Å². The van der Waals surface area contributed by atoms with Crippen molar-refractivity contribution in [2.75, 3.05) is 20.1 Å². The molecule has 68 valence electrons. The lowest BCUT2D eigenvalue weighted by atomic mass is 9.99. The predicted molar refractivity (Wildman–Crippen MR) is 52.9 cm³/mol. The molecular formula is C10H18N2. The molecule has 0 fully saturated rings. The molecule has 12 heavy (non-hydrogen) atoms. The van der Waals surface area contributed by atoms with E-state index in [1.165, 1.54) is 12.1 Å². The van der Waals surface area contributed by atoms with E-state index in [1.807, 2.05) is 7.05 Å². The van der Waals surface area contributed by atoms with E-state index >= 15 is 0 Å². The number of hydrogen-bond acceptors (Lipinski definition) is 2. The van der Waals surface area contributed by atoms with Gasteiger partial charge in [-0.25, -0.2) is 0 Å². The number of likely N-dealkylation sites (N-methyl/N-ethyl adjacent to an activating group) is 1. The zero-order chi connectivity index (χ0) is 8.81. The Morgan fingerprint density at radius 3 is 3.00 bits per heavy atom. The molecule has 0 aliphatic heterocycles. The quantitative estimate of drug-likeness (QED) is 0.615. The van der Waals surface area contributed by atoms with Gasteiger partial charge in [-0.2, -0.15) is 0 Å². The number of hydrogen-bond donors (Lipinski definition) is 2. The van der Waals surface area contributed by atoms with E-state index in [9.17, 15) is 0 Å². The van der Waals surface area contributed by atoms with Gasteiger partial charge in [-0.3, -0.25) is 0 Å². The Hall–Kier alpha value is -0.760. The molecule has 0 saturated carbocycles. The van der Waals surface area contributed by atoms with Gasteiger partial charge in [-0.15, -0.1) is 0 Å². The fourth-order valence-corrected chi connectivity index (χ4v) is 1.31. The molecule has 1 aliphatic rings. The third kappa shape index (κ3) is 2.70. The van der Waals surface area contributed by atoms with Crippen molar-refractivity contribution in [3.63, 3.8) is 0 Å². The van der Waals surface area contributed by atoms with Crippen LogP contribution < -0.4 is 10.6 Å². The molecule has 0 saturated heterocycles. The van der Waals surface area contributed by atoms with Gasteiger partial charge in [-0.1, -0.05) is 19.1 Å². The van der Waals surface area contributed by atoms with Crippen LogP contribution in [-0.2, 0) is 0 Å². The van der Waals surface area contributed by atoms with Crippen LogP contribution in [0.25, 0.3) is 0 Å². The zero-order valence-corrected chi connectivity index (χ0v) is 7.93. The van der Waals surface area contributed by atoms with Gasteiger partial charge in [0.05, 0.1) is 0 Å². The molecule has 2 nitrogen and oxygen atoms in total. The monoisotopic (exact) mass is 166 g/mol. The Kier molecular flexibility index (Phi) is 3.88. The largest absolute Gasteiger partial charge is 0.387 e. The van der Waals surface area contributed by atoms with Crippen LogP contribution >= 0.6 is 0 Å². The van der Waals surface area contributed by atoms with Crippen molar-refractivity contribution in [2.24, 2.45) is 5.92 Å². The summed E-state index contributed by atoms with van der Waals surface area (Å²) in [5.74, 6) is 0.659.